The number of nitrogens with zero attached hydrogens (tertiary/aromatic N) is 4. The molecule has 6 nitrogen and oxygen atoms in total. The molecule has 0 unspecified atom stereocenters. The van der Waals surface area contributed by atoms with E-state index in [0.29, 0.717) is 18.1 Å². The second-order valence-corrected chi connectivity index (χ2v) is 5.64. The molecule has 2 aromatic heterocycles. The van der Waals surface area contributed by atoms with Gasteiger partial charge < -0.3 is 9.88 Å². The van der Waals surface area contributed by atoms with Gasteiger partial charge in [-0.15, -0.1) is 0 Å². The van der Waals surface area contributed by atoms with E-state index in [1.165, 1.54) is 0 Å². The van der Waals surface area contributed by atoms with Crippen molar-refractivity contribution in [3.05, 3.63) is 77.9 Å². The zero-order valence-electron chi connectivity index (χ0n) is 13.7. The Morgan fingerprint density at radius 1 is 1.21 bits per heavy atom. The molecule has 0 fully saturated rings. The molecule has 2 heterocycles. The zero-order chi connectivity index (χ0) is 16.9. The molecule has 6 heteroatoms. The van der Waals surface area contributed by atoms with Crippen molar-refractivity contribution in [1.29, 1.82) is 0 Å². The number of hydrogen-bond acceptors (Lipinski definition) is 4. The maximum atomic E-state index is 12.6. The number of benzene rings is 1. The Balaban J connectivity index is 1.84. The Morgan fingerprint density at radius 3 is 2.67 bits per heavy atom. The van der Waals surface area contributed by atoms with Gasteiger partial charge >= 0.3 is 0 Å². The quantitative estimate of drug-likeness (QED) is 0.783. The van der Waals surface area contributed by atoms with Crippen LogP contribution in [0.2, 0.25) is 0 Å². The minimum atomic E-state index is -0.211. The molecule has 0 aliphatic carbocycles. The minimum Gasteiger partial charge on any atom is -0.342 e. The lowest BCUT2D eigenvalue weighted by Gasteiger charge is -2.19. The predicted octanol–water partition coefficient (Wildman–Crippen LogP) is 2.46. The van der Waals surface area contributed by atoms with Crippen LogP contribution in [-0.4, -0.2) is 25.4 Å². The number of hydrogen-bond donors (Lipinski definition) is 1. The lowest BCUT2D eigenvalue weighted by atomic mass is 10.1. The van der Waals surface area contributed by atoms with Crippen molar-refractivity contribution in [3.8, 4) is 0 Å². The van der Waals surface area contributed by atoms with E-state index >= 15 is 0 Å². The van der Waals surface area contributed by atoms with Gasteiger partial charge in [-0.2, -0.15) is 0 Å². The van der Waals surface area contributed by atoms with Crippen LogP contribution in [0.5, 0.6) is 0 Å². The van der Waals surface area contributed by atoms with E-state index in [1.807, 2.05) is 48.0 Å². The van der Waals surface area contributed by atoms with E-state index in [-0.39, 0.29) is 11.9 Å². The fourth-order valence-electron chi connectivity index (χ4n) is 2.59. The third kappa shape index (κ3) is 3.84. The number of aromatic nitrogens is 4. The van der Waals surface area contributed by atoms with Gasteiger partial charge in [-0.3, -0.25) is 4.79 Å². The topological polar surface area (TPSA) is 72.7 Å². The summed E-state index contributed by atoms with van der Waals surface area (Å²) in [7, 11) is 0. The molecule has 24 heavy (non-hydrogen) atoms. The zero-order valence-corrected chi connectivity index (χ0v) is 13.7. The van der Waals surface area contributed by atoms with Crippen LogP contribution in [-0.2, 0) is 6.54 Å². The molecule has 0 radical (unpaired) electrons. The third-order valence-electron chi connectivity index (χ3n) is 3.66. The van der Waals surface area contributed by atoms with Crippen molar-refractivity contribution in [2.45, 2.75) is 26.4 Å². The highest BCUT2D eigenvalue weighted by atomic mass is 16.1. The van der Waals surface area contributed by atoms with Crippen LogP contribution in [0.15, 0.2) is 55.1 Å². The first-order valence-electron chi connectivity index (χ1n) is 7.75. The number of nitrogens with one attached hydrogen (secondary N) is 1. The molecule has 0 aliphatic heterocycles. The standard InChI is InChI=1S/C18H19N5O/c1-13-10-16(21-14(2)20-13)18(24)22-17(11-23-9-8-19-12-23)15-6-4-3-5-7-15/h3-10,12,17H,11H2,1-2H3,(H,22,24)/t17-/m0/s1. The number of rotatable bonds is 5. The molecule has 1 amide bonds. The maximum Gasteiger partial charge on any atom is 0.270 e. The number of amides is 1. The van der Waals surface area contributed by atoms with Gasteiger partial charge in [0.15, 0.2) is 0 Å². The van der Waals surface area contributed by atoms with Gasteiger partial charge in [0.05, 0.1) is 12.4 Å². The predicted molar refractivity (Wildman–Crippen MR) is 90.4 cm³/mol. The third-order valence-corrected chi connectivity index (χ3v) is 3.66. The van der Waals surface area contributed by atoms with Crippen LogP contribution in [0.3, 0.4) is 0 Å². The largest absolute Gasteiger partial charge is 0.342 e. The molecule has 0 saturated heterocycles. The van der Waals surface area contributed by atoms with Crippen molar-refractivity contribution in [2.75, 3.05) is 0 Å². The Bertz CT molecular complexity index is 794. The van der Waals surface area contributed by atoms with Crippen molar-refractivity contribution in [1.82, 2.24) is 24.8 Å². The van der Waals surface area contributed by atoms with E-state index < -0.39 is 0 Å². The summed E-state index contributed by atoms with van der Waals surface area (Å²) < 4.78 is 1.94. The van der Waals surface area contributed by atoms with Crippen LogP contribution in [0.4, 0.5) is 0 Å². The van der Waals surface area contributed by atoms with Crippen molar-refractivity contribution < 1.29 is 4.79 Å². The van der Waals surface area contributed by atoms with E-state index in [2.05, 4.69) is 20.3 Å². The molecule has 1 N–H and O–H groups in total. The summed E-state index contributed by atoms with van der Waals surface area (Å²) in [6.45, 7) is 4.23. The Hall–Kier alpha value is -3.02. The summed E-state index contributed by atoms with van der Waals surface area (Å²) >= 11 is 0. The molecular weight excluding hydrogens is 302 g/mol. The average Bonchev–Trinajstić information content (AvgIpc) is 3.07. The fourth-order valence-corrected chi connectivity index (χ4v) is 2.59. The Morgan fingerprint density at radius 2 is 2.00 bits per heavy atom. The highest BCUT2D eigenvalue weighted by Gasteiger charge is 2.17. The molecule has 0 saturated carbocycles. The summed E-state index contributed by atoms with van der Waals surface area (Å²) in [4.78, 5) is 25.1. The van der Waals surface area contributed by atoms with Gasteiger partial charge in [0.25, 0.3) is 5.91 Å². The van der Waals surface area contributed by atoms with Crippen LogP contribution in [0, 0.1) is 13.8 Å². The highest BCUT2D eigenvalue weighted by molar-refractivity contribution is 5.92. The second-order valence-electron chi connectivity index (χ2n) is 5.64. The first-order chi connectivity index (χ1) is 11.6. The molecule has 0 spiro atoms. The van der Waals surface area contributed by atoms with Crippen LogP contribution >= 0.6 is 0 Å². The maximum absolute atomic E-state index is 12.6. The van der Waals surface area contributed by atoms with E-state index in [4.69, 9.17) is 0 Å². The fraction of sp³-hybridized carbons (Fsp3) is 0.222. The molecule has 3 aromatic rings. The van der Waals surface area contributed by atoms with Gasteiger partial charge in [0, 0.05) is 24.6 Å². The van der Waals surface area contributed by atoms with Gasteiger partial charge in [-0.25, -0.2) is 15.0 Å². The highest BCUT2D eigenvalue weighted by Crippen LogP contribution is 2.16. The summed E-state index contributed by atoms with van der Waals surface area (Å²) in [6, 6.07) is 11.4. The number of imidazole rings is 1. The smallest absolute Gasteiger partial charge is 0.270 e. The first kappa shape index (κ1) is 15.9. The summed E-state index contributed by atoms with van der Waals surface area (Å²) in [5.41, 5.74) is 2.19. The van der Waals surface area contributed by atoms with Gasteiger partial charge in [-0.1, -0.05) is 30.3 Å². The van der Waals surface area contributed by atoms with Crippen LogP contribution < -0.4 is 5.32 Å². The van der Waals surface area contributed by atoms with E-state index in [0.717, 1.165) is 11.3 Å². The normalized spacial score (nSPS) is 11.9. The Labute approximate surface area is 140 Å². The lowest BCUT2D eigenvalue weighted by molar-refractivity contribution is 0.0927. The SMILES string of the molecule is Cc1cc(C(=O)N[C@@H](Cn2ccnc2)c2ccccc2)nc(C)n1. The van der Waals surface area contributed by atoms with E-state index in [1.54, 1.807) is 25.5 Å². The molecule has 0 aliphatic rings. The molecule has 1 aromatic carbocycles. The van der Waals surface area contributed by atoms with Crippen molar-refractivity contribution in [2.24, 2.45) is 0 Å². The van der Waals surface area contributed by atoms with Gasteiger partial charge in [0.2, 0.25) is 0 Å². The molecular formula is C18H19N5O. The van der Waals surface area contributed by atoms with Crippen molar-refractivity contribution >= 4 is 5.91 Å². The van der Waals surface area contributed by atoms with Gasteiger partial charge in [0.1, 0.15) is 11.5 Å². The Kier molecular flexibility index (Phi) is 4.65. The van der Waals surface area contributed by atoms with Crippen molar-refractivity contribution in [3.63, 3.8) is 0 Å². The second kappa shape index (κ2) is 7.04. The monoisotopic (exact) mass is 321 g/mol. The minimum absolute atomic E-state index is 0.177. The summed E-state index contributed by atoms with van der Waals surface area (Å²) in [5, 5.41) is 3.06. The molecule has 3 rings (SSSR count). The summed E-state index contributed by atoms with van der Waals surface area (Å²) in [6.07, 6.45) is 5.34. The molecule has 122 valence electrons. The number of carbonyl (C=O) groups is 1. The van der Waals surface area contributed by atoms with Gasteiger partial charge in [-0.05, 0) is 25.5 Å². The first-order valence-corrected chi connectivity index (χ1v) is 7.75. The van der Waals surface area contributed by atoms with E-state index in [9.17, 15) is 4.79 Å². The average molecular weight is 321 g/mol. The lowest BCUT2D eigenvalue weighted by Crippen LogP contribution is -2.32. The molecule has 0 bridgehead atoms. The number of carbonyl (C=O) groups excluding carboxylic acids is 1. The van der Waals surface area contributed by atoms with Crippen LogP contribution in [0.25, 0.3) is 0 Å². The molecule has 1 atom stereocenters. The summed E-state index contributed by atoms with van der Waals surface area (Å²) in [5.74, 6) is 0.378. The van der Waals surface area contributed by atoms with Crippen LogP contribution in [0.1, 0.15) is 33.6 Å². The number of aryl methyl sites for hydroxylation is 2.